The fraction of sp³-hybridized carbons (Fsp3) is 0.250. The third-order valence-electron chi connectivity index (χ3n) is 2.98. The van der Waals surface area contributed by atoms with Crippen molar-refractivity contribution in [3.05, 3.63) is 59.7 Å². The molecule has 3 heteroatoms. The minimum Gasteiger partial charge on any atom is -0.493 e. The molecule has 0 atom stereocenters. The fourth-order valence-electron chi connectivity index (χ4n) is 1.96. The summed E-state index contributed by atoms with van der Waals surface area (Å²) in [5.41, 5.74) is 7.94. The number of hydrogen-bond donors (Lipinski definition) is 1. The molecule has 0 aromatic heterocycles. The Balaban J connectivity index is 2.02. The second-order valence-corrected chi connectivity index (χ2v) is 4.24. The predicted molar refractivity (Wildman–Crippen MR) is 76.5 cm³/mol. The van der Waals surface area contributed by atoms with Crippen molar-refractivity contribution in [2.24, 2.45) is 5.73 Å². The lowest BCUT2D eigenvalue weighted by Gasteiger charge is -2.14. The lowest BCUT2D eigenvalue weighted by Crippen LogP contribution is -2.07. The van der Waals surface area contributed by atoms with E-state index in [-0.39, 0.29) is 0 Å². The molecular weight excluding hydrogens is 238 g/mol. The summed E-state index contributed by atoms with van der Waals surface area (Å²) in [7, 11) is 1.64. The zero-order valence-electron chi connectivity index (χ0n) is 11.1. The van der Waals surface area contributed by atoms with Crippen molar-refractivity contribution in [1.82, 2.24) is 0 Å². The average molecular weight is 257 g/mol. The smallest absolute Gasteiger partial charge is 0.165 e. The first kappa shape index (κ1) is 13.4. The van der Waals surface area contributed by atoms with E-state index in [1.807, 2.05) is 36.4 Å². The normalized spacial score (nSPS) is 10.2. The summed E-state index contributed by atoms with van der Waals surface area (Å²) in [6.45, 7) is 1.05. The van der Waals surface area contributed by atoms with Gasteiger partial charge in [-0.25, -0.2) is 0 Å². The lowest BCUT2D eigenvalue weighted by molar-refractivity contribution is 0.294. The molecule has 0 aliphatic rings. The molecule has 2 aromatic carbocycles. The number of ether oxygens (including phenoxy) is 2. The Labute approximate surface area is 114 Å². The van der Waals surface area contributed by atoms with E-state index in [9.17, 15) is 0 Å². The van der Waals surface area contributed by atoms with Crippen LogP contribution in [0.4, 0.5) is 0 Å². The van der Waals surface area contributed by atoms with Crippen LogP contribution in [-0.2, 0) is 13.0 Å². The highest BCUT2D eigenvalue weighted by Gasteiger charge is 2.09. The van der Waals surface area contributed by atoms with Crippen LogP contribution in [0.1, 0.15) is 11.1 Å². The maximum Gasteiger partial charge on any atom is 0.165 e. The number of hydrogen-bond acceptors (Lipinski definition) is 3. The van der Waals surface area contributed by atoms with E-state index in [0.717, 1.165) is 23.5 Å². The zero-order valence-corrected chi connectivity index (χ0v) is 11.1. The van der Waals surface area contributed by atoms with Crippen LogP contribution in [0.2, 0.25) is 0 Å². The van der Waals surface area contributed by atoms with E-state index >= 15 is 0 Å². The van der Waals surface area contributed by atoms with Crippen LogP contribution >= 0.6 is 0 Å². The Bertz CT molecular complexity index is 489. The van der Waals surface area contributed by atoms with Crippen LogP contribution in [-0.4, -0.2) is 13.7 Å². The van der Waals surface area contributed by atoms with Gasteiger partial charge in [0.05, 0.1) is 13.7 Å². The molecule has 0 aliphatic heterocycles. The summed E-state index contributed by atoms with van der Waals surface area (Å²) in [4.78, 5) is 0. The van der Waals surface area contributed by atoms with Crippen LogP contribution in [0, 0.1) is 0 Å². The highest BCUT2D eigenvalue weighted by atomic mass is 16.5. The van der Waals surface area contributed by atoms with E-state index < -0.39 is 0 Å². The molecule has 100 valence electrons. The number of methoxy groups -OCH3 is 1. The summed E-state index contributed by atoms with van der Waals surface area (Å²) >= 11 is 0. The molecule has 0 fully saturated rings. The van der Waals surface area contributed by atoms with Gasteiger partial charge in [-0.1, -0.05) is 42.5 Å². The van der Waals surface area contributed by atoms with Gasteiger partial charge in [0.2, 0.25) is 0 Å². The monoisotopic (exact) mass is 257 g/mol. The molecule has 0 unspecified atom stereocenters. The molecule has 0 radical (unpaired) electrons. The molecule has 0 bridgehead atoms. The molecule has 0 aliphatic carbocycles. The van der Waals surface area contributed by atoms with Crippen LogP contribution in [0.3, 0.4) is 0 Å². The summed E-state index contributed by atoms with van der Waals surface area (Å²) in [5, 5.41) is 0. The van der Waals surface area contributed by atoms with Crippen molar-refractivity contribution in [2.45, 2.75) is 13.0 Å². The first-order valence-electron chi connectivity index (χ1n) is 6.38. The van der Waals surface area contributed by atoms with Crippen molar-refractivity contribution in [1.29, 1.82) is 0 Å². The molecule has 3 nitrogen and oxygen atoms in total. The van der Waals surface area contributed by atoms with Gasteiger partial charge in [-0.3, -0.25) is 0 Å². The van der Waals surface area contributed by atoms with Gasteiger partial charge in [0, 0.05) is 18.5 Å². The van der Waals surface area contributed by atoms with E-state index in [2.05, 4.69) is 12.1 Å². The second-order valence-electron chi connectivity index (χ2n) is 4.24. The Kier molecular flexibility index (Phi) is 4.81. The molecule has 0 saturated heterocycles. The molecule has 0 heterocycles. The minimum absolute atomic E-state index is 0.442. The van der Waals surface area contributed by atoms with Crippen molar-refractivity contribution in [3.63, 3.8) is 0 Å². The van der Waals surface area contributed by atoms with E-state index in [1.165, 1.54) is 5.56 Å². The molecule has 0 spiro atoms. The largest absolute Gasteiger partial charge is 0.493 e. The Hall–Kier alpha value is -2.00. The van der Waals surface area contributed by atoms with Crippen molar-refractivity contribution >= 4 is 0 Å². The third-order valence-corrected chi connectivity index (χ3v) is 2.98. The highest BCUT2D eigenvalue weighted by molar-refractivity contribution is 5.46. The van der Waals surface area contributed by atoms with E-state index in [1.54, 1.807) is 7.11 Å². The third kappa shape index (κ3) is 3.48. The summed E-state index contributed by atoms with van der Waals surface area (Å²) in [5.74, 6) is 1.49. The molecule has 2 rings (SSSR count). The van der Waals surface area contributed by atoms with E-state index in [4.69, 9.17) is 15.2 Å². The first-order valence-corrected chi connectivity index (χ1v) is 6.38. The molecule has 19 heavy (non-hydrogen) atoms. The van der Waals surface area contributed by atoms with Gasteiger partial charge in [-0.15, -0.1) is 0 Å². The van der Waals surface area contributed by atoms with Gasteiger partial charge >= 0.3 is 0 Å². The summed E-state index contributed by atoms with van der Waals surface area (Å²) in [6.07, 6.45) is 0.864. The standard InChI is InChI=1S/C16H19NO2/c1-18-15-9-5-8-14(12-17)16(15)19-11-10-13-6-3-2-4-7-13/h2-9H,10-12,17H2,1H3. The van der Waals surface area contributed by atoms with Gasteiger partial charge in [-0.05, 0) is 11.6 Å². The number of benzene rings is 2. The number of para-hydroxylation sites is 1. The maximum absolute atomic E-state index is 5.85. The zero-order chi connectivity index (χ0) is 13.5. The lowest BCUT2D eigenvalue weighted by atomic mass is 10.1. The van der Waals surface area contributed by atoms with Crippen molar-refractivity contribution in [3.8, 4) is 11.5 Å². The predicted octanol–water partition coefficient (Wildman–Crippen LogP) is 2.78. The number of rotatable bonds is 6. The van der Waals surface area contributed by atoms with Gasteiger partial charge < -0.3 is 15.2 Å². The van der Waals surface area contributed by atoms with Crippen LogP contribution < -0.4 is 15.2 Å². The van der Waals surface area contributed by atoms with Crippen molar-refractivity contribution in [2.75, 3.05) is 13.7 Å². The fourth-order valence-corrected chi connectivity index (χ4v) is 1.96. The molecule has 2 N–H and O–H groups in total. The Morgan fingerprint density at radius 1 is 1.00 bits per heavy atom. The quantitative estimate of drug-likeness (QED) is 0.865. The average Bonchev–Trinajstić information content (AvgIpc) is 2.48. The SMILES string of the molecule is COc1cccc(CN)c1OCCc1ccccc1. The topological polar surface area (TPSA) is 44.5 Å². The van der Waals surface area contributed by atoms with Crippen LogP contribution in [0.15, 0.2) is 48.5 Å². The minimum atomic E-state index is 0.442. The van der Waals surface area contributed by atoms with Gasteiger partial charge in [0.15, 0.2) is 11.5 Å². The number of nitrogens with two attached hydrogens (primary N) is 1. The highest BCUT2D eigenvalue weighted by Crippen LogP contribution is 2.30. The maximum atomic E-state index is 5.85. The van der Waals surface area contributed by atoms with Gasteiger partial charge in [0.25, 0.3) is 0 Å². The summed E-state index contributed by atoms with van der Waals surface area (Å²) < 4.78 is 11.2. The molecule has 0 amide bonds. The molecule has 2 aromatic rings. The first-order chi connectivity index (χ1) is 9.35. The van der Waals surface area contributed by atoms with Gasteiger partial charge in [0.1, 0.15) is 0 Å². The van der Waals surface area contributed by atoms with Crippen molar-refractivity contribution < 1.29 is 9.47 Å². The molecular formula is C16H19NO2. The Morgan fingerprint density at radius 3 is 2.47 bits per heavy atom. The second kappa shape index (κ2) is 6.81. The Morgan fingerprint density at radius 2 is 1.79 bits per heavy atom. The van der Waals surface area contributed by atoms with Gasteiger partial charge in [-0.2, -0.15) is 0 Å². The van der Waals surface area contributed by atoms with Crippen LogP contribution in [0.5, 0.6) is 11.5 Å². The molecule has 0 saturated carbocycles. The van der Waals surface area contributed by atoms with Crippen LogP contribution in [0.25, 0.3) is 0 Å². The summed E-state index contributed by atoms with van der Waals surface area (Å²) in [6, 6.07) is 16.0. The van der Waals surface area contributed by atoms with E-state index in [0.29, 0.717) is 13.2 Å².